The van der Waals surface area contributed by atoms with Crippen LogP contribution in [0.2, 0.25) is 0 Å². The van der Waals surface area contributed by atoms with Crippen LogP contribution in [0.3, 0.4) is 0 Å². The Balaban J connectivity index is 1.53. The highest BCUT2D eigenvalue weighted by Gasteiger charge is 2.22. The first-order valence-electron chi connectivity index (χ1n) is 10.1. The van der Waals surface area contributed by atoms with Gasteiger partial charge in [-0.15, -0.1) is 0 Å². The monoisotopic (exact) mass is 410 g/mol. The fourth-order valence-corrected chi connectivity index (χ4v) is 3.45. The standard InChI is InChI=1S/C26H22N2O3/c1-17-16-22(21-13-7-9-15-24(21)27-17)26(30)31-18(2)25(29)28-23-14-8-6-12-20(23)19-10-4-3-5-11-19/h3-16,18H,1-2H3,(H,28,29)/t18-/m0/s1. The van der Waals surface area contributed by atoms with E-state index in [1.165, 1.54) is 0 Å². The van der Waals surface area contributed by atoms with Gasteiger partial charge in [-0.2, -0.15) is 0 Å². The van der Waals surface area contributed by atoms with E-state index in [2.05, 4.69) is 10.3 Å². The average Bonchev–Trinajstić information content (AvgIpc) is 2.79. The lowest BCUT2D eigenvalue weighted by molar-refractivity contribution is -0.123. The van der Waals surface area contributed by atoms with Gasteiger partial charge in [0.15, 0.2) is 6.10 Å². The second-order valence-corrected chi connectivity index (χ2v) is 7.28. The van der Waals surface area contributed by atoms with Crippen LogP contribution in [-0.2, 0) is 9.53 Å². The number of para-hydroxylation sites is 2. The molecule has 1 heterocycles. The molecule has 4 rings (SSSR count). The van der Waals surface area contributed by atoms with Gasteiger partial charge in [-0.3, -0.25) is 9.78 Å². The quantitative estimate of drug-likeness (QED) is 0.448. The van der Waals surface area contributed by atoms with Crippen molar-refractivity contribution in [2.45, 2.75) is 20.0 Å². The molecule has 1 N–H and O–H groups in total. The van der Waals surface area contributed by atoms with Crippen LogP contribution < -0.4 is 5.32 Å². The Hall–Kier alpha value is -3.99. The molecule has 0 aliphatic rings. The number of ether oxygens (including phenoxy) is 1. The summed E-state index contributed by atoms with van der Waals surface area (Å²) in [6.45, 7) is 3.38. The number of aryl methyl sites for hydroxylation is 1. The zero-order chi connectivity index (χ0) is 21.8. The molecule has 154 valence electrons. The van der Waals surface area contributed by atoms with Gasteiger partial charge in [-0.1, -0.05) is 66.7 Å². The van der Waals surface area contributed by atoms with Gasteiger partial charge in [0, 0.05) is 22.3 Å². The molecule has 1 atom stereocenters. The molecule has 0 saturated heterocycles. The highest BCUT2D eigenvalue weighted by atomic mass is 16.5. The molecule has 3 aromatic carbocycles. The van der Waals surface area contributed by atoms with Crippen molar-refractivity contribution >= 4 is 28.5 Å². The second-order valence-electron chi connectivity index (χ2n) is 7.28. The molecular weight excluding hydrogens is 388 g/mol. The number of benzene rings is 3. The molecular formula is C26H22N2O3. The molecule has 0 unspecified atom stereocenters. The number of hydrogen-bond acceptors (Lipinski definition) is 4. The molecule has 0 saturated carbocycles. The van der Waals surface area contributed by atoms with E-state index in [0.29, 0.717) is 27.8 Å². The number of amides is 1. The molecule has 0 aliphatic carbocycles. The van der Waals surface area contributed by atoms with E-state index in [-0.39, 0.29) is 0 Å². The van der Waals surface area contributed by atoms with E-state index < -0.39 is 18.0 Å². The number of nitrogens with zero attached hydrogens (tertiary/aromatic N) is 1. The van der Waals surface area contributed by atoms with Gasteiger partial charge in [-0.25, -0.2) is 4.79 Å². The molecule has 0 bridgehead atoms. The first-order chi connectivity index (χ1) is 15.0. The minimum absolute atomic E-state index is 0.396. The lowest BCUT2D eigenvalue weighted by atomic mass is 10.0. The summed E-state index contributed by atoms with van der Waals surface area (Å²) in [7, 11) is 0. The summed E-state index contributed by atoms with van der Waals surface area (Å²) >= 11 is 0. The van der Waals surface area contributed by atoms with Crippen LogP contribution in [0.15, 0.2) is 84.9 Å². The maximum Gasteiger partial charge on any atom is 0.339 e. The molecule has 0 aliphatic heterocycles. The topological polar surface area (TPSA) is 68.3 Å². The third-order valence-electron chi connectivity index (χ3n) is 4.99. The summed E-state index contributed by atoms with van der Waals surface area (Å²) in [5.74, 6) is -0.951. The maximum absolute atomic E-state index is 12.8. The van der Waals surface area contributed by atoms with Crippen LogP contribution in [0.4, 0.5) is 5.69 Å². The first-order valence-corrected chi connectivity index (χ1v) is 10.1. The van der Waals surface area contributed by atoms with Crippen LogP contribution in [0, 0.1) is 6.92 Å². The number of esters is 1. The minimum Gasteiger partial charge on any atom is -0.449 e. The zero-order valence-electron chi connectivity index (χ0n) is 17.3. The van der Waals surface area contributed by atoms with Crippen LogP contribution in [0.25, 0.3) is 22.0 Å². The number of aromatic nitrogens is 1. The lowest BCUT2D eigenvalue weighted by Gasteiger charge is -2.16. The number of rotatable bonds is 5. The fraction of sp³-hybridized carbons (Fsp3) is 0.115. The van der Waals surface area contributed by atoms with Gasteiger partial charge in [-0.05, 0) is 37.6 Å². The molecule has 31 heavy (non-hydrogen) atoms. The summed E-state index contributed by atoms with van der Waals surface area (Å²) < 4.78 is 5.50. The minimum atomic E-state index is -0.969. The summed E-state index contributed by atoms with van der Waals surface area (Å²) in [6, 6.07) is 26.4. The number of hydrogen-bond donors (Lipinski definition) is 1. The van der Waals surface area contributed by atoms with E-state index >= 15 is 0 Å². The molecule has 0 fully saturated rings. The van der Waals surface area contributed by atoms with Crippen molar-refractivity contribution in [3.8, 4) is 11.1 Å². The van der Waals surface area contributed by atoms with Crippen molar-refractivity contribution in [3.63, 3.8) is 0 Å². The van der Waals surface area contributed by atoms with E-state index in [9.17, 15) is 9.59 Å². The predicted molar refractivity (Wildman–Crippen MR) is 122 cm³/mol. The van der Waals surface area contributed by atoms with Gasteiger partial charge >= 0.3 is 5.97 Å². The van der Waals surface area contributed by atoms with Gasteiger partial charge in [0.05, 0.1) is 11.1 Å². The number of carbonyl (C=O) groups is 2. The Morgan fingerprint density at radius 3 is 2.39 bits per heavy atom. The molecule has 1 aromatic heterocycles. The second kappa shape index (κ2) is 8.79. The molecule has 4 aromatic rings. The molecule has 0 radical (unpaired) electrons. The fourth-order valence-electron chi connectivity index (χ4n) is 3.45. The average molecular weight is 410 g/mol. The number of pyridine rings is 1. The van der Waals surface area contributed by atoms with Crippen LogP contribution >= 0.6 is 0 Å². The predicted octanol–water partition coefficient (Wildman–Crippen LogP) is 5.39. The summed E-state index contributed by atoms with van der Waals surface area (Å²) in [5, 5.41) is 3.58. The van der Waals surface area contributed by atoms with E-state index in [4.69, 9.17) is 4.74 Å². The Morgan fingerprint density at radius 2 is 1.58 bits per heavy atom. The normalized spacial score (nSPS) is 11.7. The number of nitrogens with one attached hydrogen (secondary N) is 1. The molecule has 5 nitrogen and oxygen atoms in total. The van der Waals surface area contributed by atoms with Crippen molar-refractivity contribution in [1.82, 2.24) is 4.98 Å². The highest BCUT2D eigenvalue weighted by Crippen LogP contribution is 2.28. The highest BCUT2D eigenvalue weighted by molar-refractivity contribution is 6.05. The molecule has 0 spiro atoms. The summed E-state index contributed by atoms with van der Waals surface area (Å²) in [6.07, 6.45) is -0.969. The van der Waals surface area contributed by atoms with Crippen LogP contribution in [-0.4, -0.2) is 23.0 Å². The smallest absolute Gasteiger partial charge is 0.339 e. The van der Waals surface area contributed by atoms with Gasteiger partial charge in [0.25, 0.3) is 5.91 Å². The van der Waals surface area contributed by atoms with Gasteiger partial charge < -0.3 is 10.1 Å². The van der Waals surface area contributed by atoms with E-state index in [1.54, 1.807) is 13.0 Å². The Kier molecular flexibility index (Phi) is 5.76. The van der Waals surface area contributed by atoms with Crippen LogP contribution in [0.5, 0.6) is 0 Å². The van der Waals surface area contributed by atoms with Gasteiger partial charge in [0.2, 0.25) is 0 Å². The number of anilines is 1. The molecule has 5 heteroatoms. The van der Waals surface area contributed by atoms with Crippen LogP contribution in [0.1, 0.15) is 23.0 Å². The molecule has 1 amide bonds. The number of carbonyl (C=O) groups excluding carboxylic acids is 2. The number of fused-ring (bicyclic) bond motifs is 1. The van der Waals surface area contributed by atoms with Crippen molar-refractivity contribution in [3.05, 3.63) is 96.2 Å². The van der Waals surface area contributed by atoms with Crippen molar-refractivity contribution in [1.29, 1.82) is 0 Å². The Morgan fingerprint density at radius 1 is 0.903 bits per heavy atom. The largest absolute Gasteiger partial charge is 0.449 e. The summed E-state index contributed by atoms with van der Waals surface area (Å²) in [5.41, 5.74) is 4.36. The van der Waals surface area contributed by atoms with Crippen molar-refractivity contribution in [2.75, 3.05) is 5.32 Å². The Labute approximate surface area is 180 Å². The third-order valence-corrected chi connectivity index (χ3v) is 4.99. The Bertz CT molecular complexity index is 1250. The van der Waals surface area contributed by atoms with Gasteiger partial charge in [0.1, 0.15) is 0 Å². The van der Waals surface area contributed by atoms with E-state index in [1.807, 2.05) is 85.8 Å². The maximum atomic E-state index is 12.8. The SMILES string of the molecule is Cc1cc(C(=O)O[C@@H](C)C(=O)Nc2ccccc2-c2ccccc2)c2ccccc2n1. The first kappa shape index (κ1) is 20.3. The van der Waals surface area contributed by atoms with Crippen molar-refractivity contribution in [2.24, 2.45) is 0 Å². The van der Waals surface area contributed by atoms with E-state index in [0.717, 1.165) is 11.1 Å². The lowest BCUT2D eigenvalue weighted by Crippen LogP contribution is -2.30. The third kappa shape index (κ3) is 4.46. The van der Waals surface area contributed by atoms with Crippen molar-refractivity contribution < 1.29 is 14.3 Å². The summed E-state index contributed by atoms with van der Waals surface area (Å²) in [4.78, 5) is 30.1. The zero-order valence-corrected chi connectivity index (χ0v) is 17.3.